The molecule has 18 heavy (non-hydrogen) atoms. The summed E-state index contributed by atoms with van der Waals surface area (Å²) in [6.45, 7) is 7.55. The van der Waals surface area contributed by atoms with Gasteiger partial charge in [0, 0.05) is 6.04 Å². The number of hydrogen-bond donors (Lipinski definition) is 3. The van der Waals surface area contributed by atoms with Crippen molar-refractivity contribution < 1.29 is 14.7 Å². The molecule has 5 nitrogen and oxygen atoms in total. The first-order valence-electron chi connectivity index (χ1n) is 6.50. The van der Waals surface area contributed by atoms with Gasteiger partial charge in [-0.2, -0.15) is 0 Å². The molecule has 5 heteroatoms. The normalized spacial score (nSPS) is 25.6. The van der Waals surface area contributed by atoms with E-state index in [0.29, 0.717) is 5.92 Å². The van der Waals surface area contributed by atoms with Gasteiger partial charge in [-0.25, -0.2) is 9.59 Å². The molecule has 3 atom stereocenters. The minimum absolute atomic E-state index is 0.175. The summed E-state index contributed by atoms with van der Waals surface area (Å²) in [5.41, 5.74) is -0.508. The lowest BCUT2D eigenvalue weighted by atomic mass is 9.87. The SMILES string of the molecule is CC1CCC(NC(=O)N[C@@H](C(=O)O)C(C)(C)C)C1. The number of amides is 2. The van der Waals surface area contributed by atoms with Crippen LogP contribution in [0.5, 0.6) is 0 Å². The van der Waals surface area contributed by atoms with Crippen molar-refractivity contribution in [3.05, 3.63) is 0 Å². The number of hydrogen-bond acceptors (Lipinski definition) is 2. The van der Waals surface area contributed by atoms with Crippen LogP contribution < -0.4 is 10.6 Å². The molecule has 104 valence electrons. The van der Waals surface area contributed by atoms with E-state index in [1.807, 2.05) is 0 Å². The summed E-state index contributed by atoms with van der Waals surface area (Å²) in [7, 11) is 0. The van der Waals surface area contributed by atoms with E-state index in [2.05, 4.69) is 17.6 Å². The van der Waals surface area contributed by atoms with Gasteiger partial charge in [0.05, 0.1) is 0 Å². The maximum Gasteiger partial charge on any atom is 0.326 e. The predicted molar refractivity (Wildman–Crippen MR) is 69.3 cm³/mol. The summed E-state index contributed by atoms with van der Waals surface area (Å²) in [5, 5.41) is 14.5. The second-order valence-corrected chi connectivity index (χ2v) is 6.37. The van der Waals surface area contributed by atoms with Gasteiger partial charge in [0.25, 0.3) is 0 Å². The van der Waals surface area contributed by atoms with E-state index in [1.54, 1.807) is 20.8 Å². The molecule has 3 N–H and O–H groups in total. The van der Waals surface area contributed by atoms with Gasteiger partial charge in [-0.05, 0) is 30.6 Å². The molecular formula is C13H24N2O3. The van der Waals surface area contributed by atoms with Gasteiger partial charge in [0.15, 0.2) is 0 Å². The molecule has 1 fully saturated rings. The molecule has 0 aliphatic heterocycles. The van der Waals surface area contributed by atoms with Crippen molar-refractivity contribution in [2.24, 2.45) is 11.3 Å². The molecule has 0 saturated heterocycles. The molecule has 1 saturated carbocycles. The molecule has 0 spiro atoms. The number of aliphatic carboxylic acids is 1. The predicted octanol–water partition coefficient (Wildman–Crippen LogP) is 1.97. The highest BCUT2D eigenvalue weighted by molar-refractivity contribution is 5.83. The van der Waals surface area contributed by atoms with Crippen molar-refractivity contribution in [2.45, 2.75) is 59.0 Å². The lowest BCUT2D eigenvalue weighted by Gasteiger charge is -2.28. The van der Waals surface area contributed by atoms with Crippen LogP contribution in [-0.2, 0) is 4.79 Å². The lowest BCUT2D eigenvalue weighted by Crippen LogP contribution is -2.53. The summed E-state index contributed by atoms with van der Waals surface area (Å²) in [6, 6.07) is -1.08. The third kappa shape index (κ3) is 4.20. The fourth-order valence-electron chi connectivity index (χ4n) is 2.35. The van der Waals surface area contributed by atoms with Crippen molar-refractivity contribution in [1.29, 1.82) is 0 Å². The number of urea groups is 1. The zero-order valence-corrected chi connectivity index (χ0v) is 11.6. The molecule has 1 aliphatic carbocycles. The first-order chi connectivity index (χ1) is 8.20. The van der Waals surface area contributed by atoms with Gasteiger partial charge in [-0.15, -0.1) is 0 Å². The molecule has 0 aromatic heterocycles. The first kappa shape index (κ1) is 14.8. The molecule has 1 rings (SSSR count). The smallest absolute Gasteiger partial charge is 0.326 e. The Morgan fingerprint density at radius 3 is 2.28 bits per heavy atom. The monoisotopic (exact) mass is 256 g/mol. The van der Waals surface area contributed by atoms with E-state index in [4.69, 9.17) is 5.11 Å². The molecule has 1 aliphatic rings. The van der Waals surface area contributed by atoms with Crippen LogP contribution in [0.3, 0.4) is 0 Å². The number of carbonyl (C=O) groups excluding carboxylic acids is 1. The summed E-state index contributed by atoms with van der Waals surface area (Å²) >= 11 is 0. The summed E-state index contributed by atoms with van der Waals surface area (Å²) in [6.07, 6.45) is 3.06. The van der Waals surface area contributed by atoms with Crippen LogP contribution in [0.15, 0.2) is 0 Å². The average Bonchev–Trinajstić information content (AvgIpc) is 2.58. The second kappa shape index (κ2) is 5.59. The Bertz CT molecular complexity index is 323. The lowest BCUT2D eigenvalue weighted by molar-refractivity contribution is -0.141. The minimum Gasteiger partial charge on any atom is -0.480 e. The largest absolute Gasteiger partial charge is 0.480 e. The van der Waals surface area contributed by atoms with Crippen molar-refractivity contribution in [2.75, 3.05) is 0 Å². The standard InChI is InChI=1S/C13H24N2O3/c1-8-5-6-9(7-8)14-12(18)15-10(11(16)17)13(2,3)4/h8-10H,5-7H2,1-4H3,(H,16,17)(H2,14,15,18)/t8?,9?,10-/m0/s1. The number of rotatable bonds is 3. The van der Waals surface area contributed by atoms with Crippen molar-refractivity contribution in [3.63, 3.8) is 0 Å². The number of nitrogens with one attached hydrogen (secondary N) is 2. The quantitative estimate of drug-likeness (QED) is 0.722. The Labute approximate surface area is 108 Å². The van der Waals surface area contributed by atoms with E-state index in [-0.39, 0.29) is 12.1 Å². The minimum atomic E-state index is -1.00. The van der Waals surface area contributed by atoms with Crippen LogP contribution in [-0.4, -0.2) is 29.2 Å². The first-order valence-corrected chi connectivity index (χ1v) is 6.50. The average molecular weight is 256 g/mol. The molecule has 0 radical (unpaired) electrons. The molecule has 0 heterocycles. The Hall–Kier alpha value is -1.26. The fraction of sp³-hybridized carbons (Fsp3) is 0.846. The topological polar surface area (TPSA) is 78.4 Å². The Morgan fingerprint density at radius 2 is 1.89 bits per heavy atom. The Kier molecular flexibility index (Phi) is 4.59. The maximum absolute atomic E-state index is 11.8. The maximum atomic E-state index is 11.8. The summed E-state index contributed by atoms with van der Waals surface area (Å²) < 4.78 is 0. The van der Waals surface area contributed by atoms with E-state index in [1.165, 1.54) is 0 Å². The van der Waals surface area contributed by atoms with Gasteiger partial charge in [-0.3, -0.25) is 0 Å². The van der Waals surface area contributed by atoms with Crippen LogP contribution in [0.1, 0.15) is 47.0 Å². The molecule has 0 bridgehead atoms. The third-order valence-corrected chi connectivity index (χ3v) is 3.42. The van der Waals surface area contributed by atoms with Gasteiger partial charge in [-0.1, -0.05) is 27.7 Å². The molecule has 2 amide bonds. The number of carboxylic acid groups (broad SMARTS) is 1. The van der Waals surface area contributed by atoms with Crippen molar-refractivity contribution >= 4 is 12.0 Å². The van der Waals surface area contributed by atoms with Crippen molar-refractivity contribution in [3.8, 4) is 0 Å². The van der Waals surface area contributed by atoms with Crippen molar-refractivity contribution in [1.82, 2.24) is 10.6 Å². The zero-order chi connectivity index (χ0) is 13.9. The highest BCUT2D eigenvalue weighted by Crippen LogP contribution is 2.24. The Balaban J connectivity index is 2.49. The van der Waals surface area contributed by atoms with E-state index >= 15 is 0 Å². The van der Waals surface area contributed by atoms with Crippen LogP contribution >= 0.6 is 0 Å². The molecule has 0 aromatic carbocycles. The van der Waals surface area contributed by atoms with E-state index in [9.17, 15) is 9.59 Å². The highest BCUT2D eigenvalue weighted by Gasteiger charge is 2.33. The van der Waals surface area contributed by atoms with Crippen LogP contribution in [0.25, 0.3) is 0 Å². The van der Waals surface area contributed by atoms with Crippen LogP contribution in [0.4, 0.5) is 4.79 Å². The van der Waals surface area contributed by atoms with Gasteiger partial charge >= 0.3 is 12.0 Å². The summed E-state index contributed by atoms with van der Waals surface area (Å²) in [4.78, 5) is 22.9. The van der Waals surface area contributed by atoms with Gasteiger partial charge < -0.3 is 15.7 Å². The molecule has 2 unspecified atom stereocenters. The number of carboxylic acids is 1. The zero-order valence-electron chi connectivity index (χ0n) is 11.6. The van der Waals surface area contributed by atoms with Crippen LogP contribution in [0.2, 0.25) is 0 Å². The Morgan fingerprint density at radius 1 is 1.28 bits per heavy atom. The van der Waals surface area contributed by atoms with Gasteiger partial charge in [0.1, 0.15) is 6.04 Å². The second-order valence-electron chi connectivity index (χ2n) is 6.37. The number of carbonyl (C=O) groups is 2. The van der Waals surface area contributed by atoms with E-state index < -0.39 is 17.4 Å². The van der Waals surface area contributed by atoms with E-state index in [0.717, 1.165) is 19.3 Å². The third-order valence-electron chi connectivity index (χ3n) is 3.42. The highest BCUT2D eigenvalue weighted by atomic mass is 16.4. The molecular weight excluding hydrogens is 232 g/mol. The summed E-state index contributed by atoms with van der Waals surface area (Å²) in [5.74, 6) is -0.370. The van der Waals surface area contributed by atoms with Gasteiger partial charge in [0.2, 0.25) is 0 Å². The fourth-order valence-corrected chi connectivity index (χ4v) is 2.35. The molecule has 0 aromatic rings. The van der Waals surface area contributed by atoms with Crippen LogP contribution in [0, 0.1) is 11.3 Å².